The summed E-state index contributed by atoms with van der Waals surface area (Å²) in [6.45, 7) is 5.28. The highest BCUT2D eigenvalue weighted by molar-refractivity contribution is 5.83. The largest absolute Gasteiger partial charge is 0.342 e. The Kier molecular flexibility index (Phi) is 6.15. The first-order chi connectivity index (χ1) is 16.9. The van der Waals surface area contributed by atoms with Crippen molar-refractivity contribution in [3.63, 3.8) is 0 Å². The maximum absolute atomic E-state index is 14.1. The summed E-state index contributed by atoms with van der Waals surface area (Å²) < 4.78 is 15.6. The van der Waals surface area contributed by atoms with Crippen molar-refractivity contribution in [2.45, 2.75) is 45.1 Å². The molecule has 0 bridgehead atoms. The number of nitrogens with zero attached hydrogens (tertiary/aromatic N) is 5. The molecular weight excluding hydrogens is 447 g/mol. The minimum Gasteiger partial charge on any atom is -0.342 e. The molecule has 1 aliphatic rings. The molecule has 1 atom stereocenters. The molecule has 4 aromatic rings. The van der Waals surface area contributed by atoms with Crippen LogP contribution in [0.3, 0.4) is 0 Å². The number of aryl methyl sites for hydroxylation is 1. The van der Waals surface area contributed by atoms with Crippen molar-refractivity contribution in [1.82, 2.24) is 29.9 Å². The summed E-state index contributed by atoms with van der Waals surface area (Å²) in [6.07, 6.45) is 1.38. The number of aromatic nitrogens is 5. The number of halogens is 1. The van der Waals surface area contributed by atoms with Gasteiger partial charge in [-0.1, -0.05) is 53.2 Å². The maximum Gasteiger partial charge on any atom is 0.281 e. The van der Waals surface area contributed by atoms with E-state index in [0.717, 1.165) is 11.1 Å². The third-order valence-electron chi connectivity index (χ3n) is 6.81. The van der Waals surface area contributed by atoms with Gasteiger partial charge in [0.2, 0.25) is 5.91 Å². The lowest BCUT2D eigenvalue weighted by atomic mass is 9.93. The van der Waals surface area contributed by atoms with E-state index >= 15 is 0 Å². The number of amides is 1. The average Bonchev–Trinajstić information content (AvgIpc) is 3.28. The van der Waals surface area contributed by atoms with Crippen molar-refractivity contribution in [1.29, 1.82) is 0 Å². The lowest BCUT2D eigenvalue weighted by Gasteiger charge is -2.33. The van der Waals surface area contributed by atoms with Crippen LogP contribution >= 0.6 is 0 Å². The summed E-state index contributed by atoms with van der Waals surface area (Å²) in [5, 5.41) is 7.98. The first-order valence-corrected chi connectivity index (χ1v) is 11.8. The zero-order valence-electron chi connectivity index (χ0n) is 19.7. The van der Waals surface area contributed by atoms with Crippen LogP contribution in [0.1, 0.15) is 54.1 Å². The Hall–Kier alpha value is -3.88. The number of hydrogen-bond acceptors (Lipinski definition) is 5. The number of piperidine rings is 1. The Labute approximate surface area is 201 Å². The highest BCUT2D eigenvalue weighted by Gasteiger charge is 2.29. The summed E-state index contributed by atoms with van der Waals surface area (Å²) in [6, 6.07) is 14.5. The number of likely N-dealkylation sites (tertiary alicyclic amines) is 1. The van der Waals surface area contributed by atoms with E-state index in [1.807, 2.05) is 43.0 Å². The van der Waals surface area contributed by atoms with Gasteiger partial charge in [0.05, 0.1) is 12.5 Å². The third-order valence-corrected chi connectivity index (χ3v) is 6.81. The van der Waals surface area contributed by atoms with Crippen LogP contribution in [0.2, 0.25) is 0 Å². The van der Waals surface area contributed by atoms with Crippen LogP contribution in [0.15, 0.2) is 53.3 Å². The van der Waals surface area contributed by atoms with Crippen molar-refractivity contribution in [2.75, 3.05) is 13.1 Å². The molecule has 3 heterocycles. The highest BCUT2D eigenvalue weighted by atomic mass is 19.1. The molecule has 180 valence electrons. The monoisotopic (exact) mass is 474 g/mol. The smallest absolute Gasteiger partial charge is 0.281 e. The summed E-state index contributed by atoms with van der Waals surface area (Å²) >= 11 is 0. The van der Waals surface area contributed by atoms with Crippen molar-refractivity contribution in [2.24, 2.45) is 0 Å². The minimum atomic E-state index is -0.365. The van der Waals surface area contributed by atoms with Gasteiger partial charge in [0, 0.05) is 24.6 Å². The number of benzene rings is 2. The third kappa shape index (κ3) is 4.58. The van der Waals surface area contributed by atoms with Crippen molar-refractivity contribution in [3.05, 3.63) is 87.2 Å². The molecule has 1 aliphatic heterocycles. The quantitative estimate of drug-likeness (QED) is 0.477. The van der Waals surface area contributed by atoms with Gasteiger partial charge in [0.25, 0.3) is 5.56 Å². The van der Waals surface area contributed by atoms with E-state index in [4.69, 9.17) is 0 Å². The molecule has 1 saturated heterocycles. The van der Waals surface area contributed by atoms with Gasteiger partial charge in [-0.3, -0.25) is 9.59 Å². The highest BCUT2D eigenvalue weighted by Crippen LogP contribution is 2.28. The lowest BCUT2D eigenvalue weighted by molar-refractivity contribution is -0.133. The van der Waals surface area contributed by atoms with Gasteiger partial charge < -0.3 is 9.88 Å². The Morgan fingerprint density at radius 3 is 2.57 bits per heavy atom. The molecule has 2 aromatic carbocycles. The standard InChI is InChI=1S/C26H27FN6O2/c1-16-7-9-18(10-8-16)17(2)26(35)32-13-11-19(12-14-32)23-28-24-22(25(34)29-23)30-31-33(24)15-20-5-3-4-6-21(20)27/h3-10,17,19H,11-15H2,1-2H3,(H,28,29,34)/t17-/m0/s1. The molecule has 0 spiro atoms. The van der Waals surface area contributed by atoms with Crippen LogP contribution in [0.5, 0.6) is 0 Å². The summed E-state index contributed by atoms with van der Waals surface area (Å²) in [4.78, 5) is 35.1. The number of fused-ring (bicyclic) bond motifs is 1. The van der Waals surface area contributed by atoms with Gasteiger partial charge in [-0.05, 0) is 38.3 Å². The molecule has 0 unspecified atom stereocenters. The molecular formula is C26H27FN6O2. The van der Waals surface area contributed by atoms with Crippen molar-refractivity contribution >= 4 is 17.1 Å². The first kappa shape index (κ1) is 22.9. The van der Waals surface area contributed by atoms with Gasteiger partial charge in [-0.2, -0.15) is 0 Å². The number of rotatable bonds is 5. The van der Waals surface area contributed by atoms with Gasteiger partial charge in [-0.25, -0.2) is 14.1 Å². The molecule has 2 aromatic heterocycles. The van der Waals surface area contributed by atoms with E-state index in [1.54, 1.807) is 18.2 Å². The molecule has 8 nitrogen and oxygen atoms in total. The fourth-order valence-corrected chi connectivity index (χ4v) is 4.62. The molecule has 0 saturated carbocycles. The predicted molar refractivity (Wildman–Crippen MR) is 130 cm³/mol. The molecule has 9 heteroatoms. The number of hydrogen-bond donors (Lipinski definition) is 1. The van der Waals surface area contributed by atoms with Gasteiger partial charge in [-0.15, -0.1) is 5.10 Å². The Morgan fingerprint density at radius 2 is 1.86 bits per heavy atom. The van der Waals surface area contributed by atoms with Crippen molar-refractivity contribution < 1.29 is 9.18 Å². The molecule has 1 amide bonds. The summed E-state index contributed by atoms with van der Waals surface area (Å²) in [5.41, 5.74) is 2.71. The first-order valence-electron chi connectivity index (χ1n) is 11.8. The molecule has 1 N–H and O–H groups in total. The second-order valence-electron chi connectivity index (χ2n) is 9.19. The maximum atomic E-state index is 14.1. The Morgan fingerprint density at radius 1 is 1.14 bits per heavy atom. The molecule has 1 fully saturated rings. The molecule has 0 aliphatic carbocycles. The summed E-state index contributed by atoms with van der Waals surface area (Å²) in [5.74, 6) is 0.107. The molecule has 0 radical (unpaired) electrons. The van der Waals surface area contributed by atoms with E-state index < -0.39 is 0 Å². The van der Waals surface area contributed by atoms with Gasteiger partial charge >= 0.3 is 0 Å². The van der Waals surface area contributed by atoms with Gasteiger partial charge in [0.15, 0.2) is 11.2 Å². The van der Waals surface area contributed by atoms with E-state index in [9.17, 15) is 14.0 Å². The predicted octanol–water partition coefficient (Wildman–Crippen LogP) is 3.52. The van der Waals surface area contributed by atoms with E-state index in [0.29, 0.717) is 43.0 Å². The van der Waals surface area contributed by atoms with E-state index in [2.05, 4.69) is 20.3 Å². The fourth-order valence-electron chi connectivity index (χ4n) is 4.62. The van der Waals surface area contributed by atoms with E-state index in [1.165, 1.54) is 10.7 Å². The number of aromatic amines is 1. The van der Waals surface area contributed by atoms with Crippen LogP contribution in [-0.4, -0.2) is 48.9 Å². The second-order valence-corrected chi connectivity index (χ2v) is 9.19. The fraction of sp³-hybridized carbons (Fsp3) is 0.346. The normalized spacial score (nSPS) is 15.5. The van der Waals surface area contributed by atoms with Crippen LogP contribution in [-0.2, 0) is 11.3 Å². The zero-order valence-corrected chi connectivity index (χ0v) is 19.7. The number of H-pyrrole nitrogens is 1. The molecule has 35 heavy (non-hydrogen) atoms. The average molecular weight is 475 g/mol. The summed E-state index contributed by atoms with van der Waals surface area (Å²) in [7, 11) is 0. The van der Waals surface area contributed by atoms with Crippen LogP contribution in [0.25, 0.3) is 11.2 Å². The van der Waals surface area contributed by atoms with Crippen LogP contribution < -0.4 is 5.56 Å². The topological polar surface area (TPSA) is 96.8 Å². The van der Waals surface area contributed by atoms with Gasteiger partial charge in [0.1, 0.15) is 11.6 Å². The van der Waals surface area contributed by atoms with Crippen LogP contribution in [0, 0.1) is 12.7 Å². The van der Waals surface area contributed by atoms with Crippen LogP contribution in [0.4, 0.5) is 4.39 Å². The molecule has 5 rings (SSSR count). The number of nitrogens with one attached hydrogen (secondary N) is 1. The van der Waals surface area contributed by atoms with Crippen molar-refractivity contribution in [3.8, 4) is 0 Å². The number of carbonyl (C=O) groups is 1. The Bertz CT molecular complexity index is 1420. The second kappa shape index (κ2) is 9.40. The lowest BCUT2D eigenvalue weighted by Crippen LogP contribution is -2.40. The minimum absolute atomic E-state index is 0.00245. The van der Waals surface area contributed by atoms with E-state index in [-0.39, 0.29) is 41.2 Å². The zero-order chi connectivity index (χ0) is 24.5. The SMILES string of the molecule is Cc1ccc([C@H](C)C(=O)N2CCC(c3nc4c(nnn4Cc4ccccc4F)c(=O)[nH]3)CC2)cc1. The number of carbonyl (C=O) groups excluding carboxylic acids is 1. The Balaban J connectivity index is 1.31.